The monoisotopic (exact) mass is 393 g/mol. The van der Waals surface area contributed by atoms with E-state index in [1.807, 2.05) is 24.3 Å². The van der Waals surface area contributed by atoms with E-state index < -0.39 is 0 Å². The van der Waals surface area contributed by atoms with Gasteiger partial charge in [0.2, 0.25) is 11.8 Å². The second-order valence-electron chi connectivity index (χ2n) is 5.99. The van der Waals surface area contributed by atoms with Crippen molar-refractivity contribution < 1.29 is 19.1 Å². The van der Waals surface area contributed by atoms with E-state index >= 15 is 0 Å². The molecule has 1 aromatic rings. The molecule has 1 aliphatic heterocycles. The Morgan fingerprint density at radius 3 is 2.52 bits per heavy atom. The second kappa shape index (κ2) is 9.72. The zero-order chi connectivity index (χ0) is 19.8. The quantitative estimate of drug-likeness (QED) is 0.349. The summed E-state index contributed by atoms with van der Waals surface area (Å²) >= 11 is 5.10. The van der Waals surface area contributed by atoms with Crippen molar-refractivity contribution in [2.75, 3.05) is 27.2 Å². The molecule has 2 rings (SSSR count). The van der Waals surface area contributed by atoms with Crippen molar-refractivity contribution in [3.05, 3.63) is 29.8 Å². The van der Waals surface area contributed by atoms with E-state index in [-0.39, 0.29) is 42.5 Å². The van der Waals surface area contributed by atoms with Crippen LogP contribution < -0.4 is 20.9 Å². The van der Waals surface area contributed by atoms with Crippen LogP contribution >= 0.6 is 12.2 Å². The van der Waals surface area contributed by atoms with E-state index in [0.717, 1.165) is 16.2 Å². The van der Waals surface area contributed by atoms with E-state index in [1.165, 1.54) is 4.90 Å². The average molecular weight is 393 g/mol. The number of nitrogens with one attached hydrogen (secondary N) is 3. The number of ether oxygens (including phenoxy) is 1. The van der Waals surface area contributed by atoms with Crippen LogP contribution in [0.25, 0.3) is 0 Å². The molecule has 27 heavy (non-hydrogen) atoms. The molecule has 1 heterocycles. The number of benzene rings is 1. The highest BCUT2D eigenvalue weighted by Crippen LogP contribution is 2.11. The van der Waals surface area contributed by atoms with E-state index in [0.29, 0.717) is 13.0 Å². The number of imide groups is 1. The Kier molecular flexibility index (Phi) is 7.35. The third-order valence-corrected chi connectivity index (χ3v) is 4.19. The molecule has 0 radical (unpaired) electrons. The lowest BCUT2D eigenvalue weighted by Crippen LogP contribution is -2.46. The lowest BCUT2D eigenvalue weighted by Gasteiger charge is -2.14. The van der Waals surface area contributed by atoms with Gasteiger partial charge in [0.25, 0.3) is 0 Å². The molecule has 0 unspecified atom stereocenters. The minimum Gasteiger partial charge on any atom is -0.497 e. The van der Waals surface area contributed by atoms with Gasteiger partial charge in [0.15, 0.2) is 5.11 Å². The number of carbonyl (C=O) groups is 3. The number of nitrogens with zero attached hydrogens (tertiary/aromatic N) is 2. The summed E-state index contributed by atoms with van der Waals surface area (Å²) in [5.41, 5.74) is 6.11. The van der Waals surface area contributed by atoms with Gasteiger partial charge in [-0.3, -0.25) is 25.3 Å². The lowest BCUT2D eigenvalue weighted by molar-refractivity contribution is -0.126. The van der Waals surface area contributed by atoms with Gasteiger partial charge < -0.3 is 15.0 Å². The number of hydrazine groups is 1. The first-order valence-electron chi connectivity index (χ1n) is 8.41. The molecule has 0 aromatic heterocycles. The molecular formula is C17H23N5O4S. The van der Waals surface area contributed by atoms with Gasteiger partial charge in [0.05, 0.1) is 7.11 Å². The fourth-order valence-corrected chi connectivity index (χ4v) is 2.57. The highest BCUT2D eigenvalue weighted by Gasteiger charge is 2.32. The molecule has 9 nitrogen and oxygen atoms in total. The fourth-order valence-electron chi connectivity index (χ4n) is 2.45. The number of amides is 4. The van der Waals surface area contributed by atoms with Crippen LogP contribution in [0.2, 0.25) is 0 Å². The third kappa shape index (κ3) is 6.10. The van der Waals surface area contributed by atoms with E-state index in [4.69, 9.17) is 17.0 Å². The average Bonchev–Trinajstić information content (AvgIpc) is 2.91. The summed E-state index contributed by atoms with van der Waals surface area (Å²) in [5, 5.41) is 3.25. The Bertz CT molecular complexity index is 710. The highest BCUT2D eigenvalue weighted by molar-refractivity contribution is 7.80. The Labute approximate surface area is 163 Å². The van der Waals surface area contributed by atoms with Gasteiger partial charge in [-0.1, -0.05) is 12.1 Å². The summed E-state index contributed by atoms with van der Waals surface area (Å²) in [6.45, 7) is 0.800. The van der Waals surface area contributed by atoms with Crippen LogP contribution in [0.4, 0.5) is 4.79 Å². The minimum absolute atomic E-state index is 0.0840. The lowest BCUT2D eigenvalue weighted by atomic mass is 10.2. The van der Waals surface area contributed by atoms with Crippen LogP contribution in [-0.4, -0.2) is 60.0 Å². The molecule has 1 aromatic carbocycles. The molecule has 0 spiro atoms. The molecule has 10 heteroatoms. The number of likely N-dealkylation sites (N-methyl/N-ethyl adjacent to an activating group) is 1. The van der Waals surface area contributed by atoms with E-state index in [2.05, 4.69) is 16.2 Å². The van der Waals surface area contributed by atoms with Crippen molar-refractivity contribution in [3.8, 4) is 5.75 Å². The Balaban J connectivity index is 1.61. The first-order valence-corrected chi connectivity index (χ1v) is 8.82. The summed E-state index contributed by atoms with van der Waals surface area (Å²) < 4.78 is 5.09. The van der Waals surface area contributed by atoms with E-state index in [1.54, 1.807) is 14.2 Å². The van der Waals surface area contributed by atoms with Gasteiger partial charge in [-0.2, -0.15) is 0 Å². The molecule has 146 valence electrons. The molecular weight excluding hydrogens is 370 g/mol. The number of thiocarbonyl (C=S) groups is 1. The van der Waals surface area contributed by atoms with Crippen molar-refractivity contribution in [1.82, 2.24) is 26.0 Å². The van der Waals surface area contributed by atoms with Gasteiger partial charge >= 0.3 is 6.03 Å². The number of rotatable bonds is 7. The first-order chi connectivity index (χ1) is 12.9. The zero-order valence-electron chi connectivity index (χ0n) is 15.3. The summed E-state index contributed by atoms with van der Waals surface area (Å²) in [6, 6.07) is 7.19. The summed E-state index contributed by atoms with van der Waals surface area (Å²) in [6.07, 6.45) is 0.541. The predicted molar refractivity (Wildman–Crippen MR) is 103 cm³/mol. The van der Waals surface area contributed by atoms with Crippen molar-refractivity contribution in [2.45, 2.75) is 19.4 Å². The molecule has 3 N–H and O–H groups in total. The van der Waals surface area contributed by atoms with E-state index in [9.17, 15) is 14.4 Å². The van der Waals surface area contributed by atoms with Crippen LogP contribution in [0, 0.1) is 0 Å². The Morgan fingerprint density at radius 1 is 1.22 bits per heavy atom. The van der Waals surface area contributed by atoms with Gasteiger partial charge in [0, 0.05) is 26.6 Å². The standard InChI is InChI=1S/C17H23N5O4S/c1-21-11-15(24)22(17(21)25)9-3-4-14(23)19-20-16(27)18-10-12-5-7-13(26-2)8-6-12/h5-8H,3-4,9-11H2,1-2H3,(H,19,23)(H2,18,20,27). The molecule has 0 aliphatic carbocycles. The maximum atomic E-state index is 11.8. The largest absolute Gasteiger partial charge is 0.497 e. The third-order valence-electron chi connectivity index (χ3n) is 3.94. The van der Waals surface area contributed by atoms with Crippen molar-refractivity contribution in [1.29, 1.82) is 0 Å². The molecule has 0 atom stereocenters. The molecule has 0 saturated carbocycles. The van der Waals surface area contributed by atoms with Gasteiger partial charge in [-0.25, -0.2) is 4.79 Å². The molecule has 1 saturated heterocycles. The van der Waals surface area contributed by atoms with Gasteiger partial charge in [-0.05, 0) is 36.3 Å². The van der Waals surface area contributed by atoms with Crippen molar-refractivity contribution in [2.24, 2.45) is 0 Å². The normalized spacial score (nSPS) is 13.6. The second-order valence-corrected chi connectivity index (χ2v) is 6.40. The molecule has 4 amide bonds. The number of hydrogen-bond donors (Lipinski definition) is 3. The van der Waals surface area contributed by atoms with Crippen molar-refractivity contribution in [3.63, 3.8) is 0 Å². The maximum Gasteiger partial charge on any atom is 0.326 e. The van der Waals surface area contributed by atoms with Gasteiger partial charge in [0.1, 0.15) is 12.3 Å². The van der Waals surface area contributed by atoms with Crippen LogP contribution in [-0.2, 0) is 16.1 Å². The highest BCUT2D eigenvalue weighted by atomic mass is 32.1. The Morgan fingerprint density at radius 2 is 1.93 bits per heavy atom. The van der Waals surface area contributed by atoms with Crippen LogP contribution in [0.5, 0.6) is 5.75 Å². The molecule has 1 fully saturated rings. The summed E-state index contributed by atoms with van der Waals surface area (Å²) in [4.78, 5) is 37.7. The smallest absolute Gasteiger partial charge is 0.326 e. The van der Waals surface area contributed by atoms with Crippen LogP contribution in [0.15, 0.2) is 24.3 Å². The zero-order valence-corrected chi connectivity index (χ0v) is 16.1. The number of hydrogen-bond acceptors (Lipinski definition) is 5. The SMILES string of the molecule is COc1ccc(CNC(=S)NNC(=O)CCCN2C(=O)CN(C)C2=O)cc1. The molecule has 1 aliphatic rings. The topological polar surface area (TPSA) is 103 Å². The molecule has 0 bridgehead atoms. The predicted octanol–water partition coefficient (Wildman–Crippen LogP) is 0.365. The van der Waals surface area contributed by atoms with Crippen LogP contribution in [0.1, 0.15) is 18.4 Å². The number of methoxy groups -OCH3 is 1. The first kappa shape index (κ1) is 20.4. The summed E-state index contributed by atoms with van der Waals surface area (Å²) in [7, 11) is 3.17. The fraction of sp³-hybridized carbons (Fsp3) is 0.412. The minimum atomic E-state index is -0.331. The van der Waals surface area contributed by atoms with Crippen LogP contribution in [0.3, 0.4) is 0 Å². The number of urea groups is 1. The Hall–Kier alpha value is -2.88. The van der Waals surface area contributed by atoms with Gasteiger partial charge in [-0.15, -0.1) is 0 Å². The van der Waals surface area contributed by atoms with Crippen molar-refractivity contribution >= 4 is 35.2 Å². The number of carbonyl (C=O) groups excluding carboxylic acids is 3. The summed E-state index contributed by atoms with van der Waals surface area (Å²) in [5.74, 6) is 0.247. The maximum absolute atomic E-state index is 11.8.